The summed E-state index contributed by atoms with van der Waals surface area (Å²) < 4.78 is 17.0. The second-order valence-corrected chi connectivity index (χ2v) is 6.85. The minimum absolute atomic E-state index is 0.0578. The van der Waals surface area contributed by atoms with Crippen molar-refractivity contribution >= 4 is 34.0 Å². The number of phenolic OH excluding ortho intramolecular Hbond substituents is 1. The Labute approximate surface area is 167 Å². The molecule has 0 spiro atoms. The Balaban J connectivity index is 1.76. The van der Waals surface area contributed by atoms with E-state index in [2.05, 4.69) is 15.3 Å². The van der Waals surface area contributed by atoms with Crippen LogP contribution in [0.15, 0.2) is 36.7 Å². The van der Waals surface area contributed by atoms with Gasteiger partial charge in [0.05, 0.1) is 35.3 Å². The van der Waals surface area contributed by atoms with Crippen LogP contribution in [0.25, 0.3) is 10.9 Å². The van der Waals surface area contributed by atoms with Crippen LogP contribution in [0.1, 0.15) is 19.3 Å². The number of hydrogen-bond donors (Lipinski definition) is 2. The maximum absolute atomic E-state index is 10.1. The third-order valence-electron chi connectivity index (χ3n) is 4.51. The highest BCUT2D eigenvalue weighted by atomic mass is 35.5. The molecule has 0 radical (unpaired) electrons. The lowest BCUT2D eigenvalue weighted by Crippen LogP contribution is -2.25. The van der Waals surface area contributed by atoms with Gasteiger partial charge in [0.25, 0.3) is 0 Å². The largest absolute Gasteiger partial charge is 0.508 e. The van der Waals surface area contributed by atoms with Gasteiger partial charge in [0.15, 0.2) is 6.29 Å². The molecule has 2 aromatic carbocycles. The predicted molar refractivity (Wildman–Crippen MR) is 107 cm³/mol. The van der Waals surface area contributed by atoms with Gasteiger partial charge in [-0.15, -0.1) is 0 Å². The second kappa shape index (κ2) is 8.08. The average molecular weight is 402 g/mol. The zero-order valence-corrected chi connectivity index (χ0v) is 16.1. The molecule has 1 saturated heterocycles. The summed E-state index contributed by atoms with van der Waals surface area (Å²) in [6.45, 7) is 0.655. The Hall–Kier alpha value is -2.77. The fourth-order valence-electron chi connectivity index (χ4n) is 3.13. The number of nitrogens with zero attached hydrogens (tertiary/aromatic N) is 2. The van der Waals surface area contributed by atoms with Crippen molar-refractivity contribution < 1.29 is 19.3 Å². The predicted octanol–water partition coefficient (Wildman–Crippen LogP) is 4.65. The van der Waals surface area contributed by atoms with E-state index in [1.54, 1.807) is 37.4 Å². The standard InChI is InChI=1S/C20H20ClN3O4/c1-26-13-5-6-14(21)15(10-13)24-20-19-16(22-11-23-20)8-12(25)9-17(19)28-18-4-2-3-7-27-18/h5-6,8-11,18,25H,2-4,7H2,1H3,(H,22,23,24). The highest BCUT2D eigenvalue weighted by molar-refractivity contribution is 6.33. The fourth-order valence-corrected chi connectivity index (χ4v) is 3.29. The Morgan fingerprint density at radius 2 is 2.11 bits per heavy atom. The van der Waals surface area contributed by atoms with Gasteiger partial charge in [0.2, 0.25) is 0 Å². The zero-order valence-electron chi connectivity index (χ0n) is 15.3. The van der Waals surface area contributed by atoms with E-state index in [0.29, 0.717) is 45.5 Å². The van der Waals surface area contributed by atoms with Crippen LogP contribution in [0.3, 0.4) is 0 Å². The molecule has 2 heterocycles. The molecule has 2 N–H and O–H groups in total. The molecule has 1 aliphatic rings. The third kappa shape index (κ3) is 3.90. The summed E-state index contributed by atoms with van der Waals surface area (Å²) in [5, 5.41) is 14.5. The highest BCUT2D eigenvalue weighted by Crippen LogP contribution is 2.38. The molecule has 0 aliphatic carbocycles. The van der Waals surface area contributed by atoms with Gasteiger partial charge >= 0.3 is 0 Å². The summed E-state index contributed by atoms with van der Waals surface area (Å²) in [7, 11) is 1.59. The average Bonchev–Trinajstić information content (AvgIpc) is 2.70. The number of anilines is 2. The van der Waals surface area contributed by atoms with Crippen molar-refractivity contribution in [3.8, 4) is 17.2 Å². The van der Waals surface area contributed by atoms with Crippen molar-refractivity contribution in [2.24, 2.45) is 0 Å². The molecule has 1 fully saturated rings. The Morgan fingerprint density at radius 1 is 1.21 bits per heavy atom. The summed E-state index contributed by atoms with van der Waals surface area (Å²) in [6, 6.07) is 8.40. The quantitative estimate of drug-likeness (QED) is 0.643. The Morgan fingerprint density at radius 3 is 2.89 bits per heavy atom. The first kappa shape index (κ1) is 18.6. The van der Waals surface area contributed by atoms with Crippen LogP contribution in [0.4, 0.5) is 11.5 Å². The van der Waals surface area contributed by atoms with Crippen molar-refractivity contribution in [3.63, 3.8) is 0 Å². The molecule has 1 aliphatic heterocycles. The number of aromatic nitrogens is 2. The van der Waals surface area contributed by atoms with Crippen molar-refractivity contribution in [1.82, 2.24) is 9.97 Å². The molecule has 3 aromatic rings. The van der Waals surface area contributed by atoms with Crippen LogP contribution in [0, 0.1) is 0 Å². The molecule has 28 heavy (non-hydrogen) atoms. The molecule has 146 valence electrons. The van der Waals surface area contributed by atoms with Crippen LogP contribution in [0.2, 0.25) is 5.02 Å². The lowest BCUT2D eigenvalue weighted by molar-refractivity contribution is -0.105. The van der Waals surface area contributed by atoms with E-state index in [1.165, 1.54) is 6.33 Å². The maximum Gasteiger partial charge on any atom is 0.199 e. The van der Waals surface area contributed by atoms with Crippen LogP contribution in [0.5, 0.6) is 17.2 Å². The number of fused-ring (bicyclic) bond motifs is 1. The van der Waals surface area contributed by atoms with Crippen LogP contribution in [-0.2, 0) is 4.74 Å². The van der Waals surface area contributed by atoms with Crippen molar-refractivity contribution in [2.75, 3.05) is 19.0 Å². The molecule has 1 atom stereocenters. The van der Waals surface area contributed by atoms with E-state index in [4.69, 9.17) is 25.8 Å². The molecule has 0 amide bonds. The normalized spacial score (nSPS) is 16.7. The smallest absolute Gasteiger partial charge is 0.199 e. The molecule has 0 bridgehead atoms. The van der Waals surface area contributed by atoms with Gasteiger partial charge in [0, 0.05) is 24.6 Å². The van der Waals surface area contributed by atoms with Crippen LogP contribution in [-0.4, -0.2) is 35.1 Å². The lowest BCUT2D eigenvalue weighted by Gasteiger charge is -2.24. The first-order valence-corrected chi connectivity index (χ1v) is 9.38. The van der Waals surface area contributed by atoms with Gasteiger partial charge in [0.1, 0.15) is 29.4 Å². The maximum atomic E-state index is 10.1. The molecule has 7 nitrogen and oxygen atoms in total. The molecular weight excluding hydrogens is 382 g/mol. The minimum Gasteiger partial charge on any atom is -0.508 e. The van der Waals surface area contributed by atoms with Gasteiger partial charge in [-0.3, -0.25) is 0 Å². The third-order valence-corrected chi connectivity index (χ3v) is 4.84. The van der Waals surface area contributed by atoms with Crippen molar-refractivity contribution in [1.29, 1.82) is 0 Å². The molecule has 1 unspecified atom stereocenters. The number of aromatic hydroxyl groups is 1. The number of hydrogen-bond acceptors (Lipinski definition) is 7. The van der Waals surface area contributed by atoms with Crippen molar-refractivity contribution in [3.05, 3.63) is 41.7 Å². The van der Waals surface area contributed by atoms with Gasteiger partial charge < -0.3 is 24.6 Å². The molecule has 0 saturated carbocycles. The topological polar surface area (TPSA) is 85.7 Å². The summed E-state index contributed by atoms with van der Waals surface area (Å²) in [6.07, 6.45) is 3.88. The summed E-state index contributed by atoms with van der Waals surface area (Å²) in [5.41, 5.74) is 1.18. The molecule has 8 heteroatoms. The summed E-state index contributed by atoms with van der Waals surface area (Å²) in [4.78, 5) is 8.62. The van der Waals surface area contributed by atoms with Crippen LogP contribution < -0.4 is 14.8 Å². The van der Waals surface area contributed by atoms with E-state index < -0.39 is 0 Å². The summed E-state index contributed by atoms with van der Waals surface area (Å²) >= 11 is 6.32. The monoisotopic (exact) mass is 401 g/mol. The first-order chi connectivity index (χ1) is 13.6. The number of benzene rings is 2. The Bertz CT molecular complexity index is 993. The van der Waals surface area contributed by atoms with E-state index in [-0.39, 0.29) is 12.0 Å². The fraction of sp³-hybridized carbons (Fsp3) is 0.300. The summed E-state index contributed by atoms with van der Waals surface area (Å²) in [5.74, 6) is 1.67. The zero-order chi connectivity index (χ0) is 19.5. The van der Waals surface area contributed by atoms with E-state index in [1.807, 2.05) is 0 Å². The van der Waals surface area contributed by atoms with Gasteiger partial charge in [-0.25, -0.2) is 9.97 Å². The van der Waals surface area contributed by atoms with Gasteiger partial charge in [-0.05, 0) is 25.0 Å². The SMILES string of the molecule is COc1ccc(Cl)c(Nc2ncnc3cc(O)cc(OC4CCCCO4)c23)c1. The van der Waals surface area contributed by atoms with Gasteiger partial charge in [-0.2, -0.15) is 0 Å². The van der Waals surface area contributed by atoms with E-state index in [0.717, 1.165) is 19.3 Å². The van der Waals surface area contributed by atoms with E-state index >= 15 is 0 Å². The number of methoxy groups -OCH3 is 1. The molecule has 4 rings (SSSR count). The van der Waals surface area contributed by atoms with E-state index in [9.17, 15) is 5.11 Å². The number of halogens is 1. The Kier molecular flexibility index (Phi) is 5.36. The number of nitrogens with one attached hydrogen (secondary N) is 1. The second-order valence-electron chi connectivity index (χ2n) is 6.45. The lowest BCUT2D eigenvalue weighted by atomic mass is 10.1. The molecular formula is C20H20ClN3O4. The van der Waals surface area contributed by atoms with Crippen LogP contribution >= 0.6 is 11.6 Å². The van der Waals surface area contributed by atoms with Gasteiger partial charge in [-0.1, -0.05) is 11.6 Å². The number of rotatable bonds is 5. The van der Waals surface area contributed by atoms with Crippen molar-refractivity contribution in [2.45, 2.75) is 25.6 Å². The minimum atomic E-state index is -0.368. The molecule has 1 aromatic heterocycles. The number of phenols is 1. The number of ether oxygens (including phenoxy) is 3. The highest BCUT2D eigenvalue weighted by Gasteiger charge is 2.20. The first-order valence-electron chi connectivity index (χ1n) is 9.00.